The molecule has 0 saturated carbocycles. The van der Waals surface area contributed by atoms with Crippen LogP contribution in [0.15, 0.2) is 0 Å². The van der Waals surface area contributed by atoms with Crippen molar-refractivity contribution in [3.8, 4) is 0 Å². The first-order chi connectivity index (χ1) is 6.89. The average molecular weight is 228 g/mol. The van der Waals surface area contributed by atoms with Crippen molar-refractivity contribution in [2.45, 2.75) is 63.8 Å². The van der Waals surface area contributed by atoms with Gasteiger partial charge in [0.1, 0.15) is 0 Å². The molecule has 0 spiro atoms. The number of hydrogen-bond acceptors (Lipinski definition) is 2. The summed E-state index contributed by atoms with van der Waals surface area (Å²) in [5, 5.41) is 17.7. The van der Waals surface area contributed by atoms with Gasteiger partial charge in [0.2, 0.25) is 0 Å². The summed E-state index contributed by atoms with van der Waals surface area (Å²) in [6, 6.07) is 0. The summed E-state index contributed by atoms with van der Waals surface area (Å²) >= 11 is 0. The zero-order chi connectivity index (χ0) is 11.9. The maximum absolute atomic E-state index is 11.9. The van der Waals surface area contributed by atoms with Gasteiger partial charge in [-0.25, -0.2) is 0 Å². The van der Waals surface area contributed by atoms with Crippen LogP contribution in [0.3, 0.4) is 0 Å². The second-order valence-electron chi connectivity index (χ2n) is 3.76. The lowest BCUT2D eigenvalue weighted by Gasteiger charge is -2.20. The van der Waals surface area contributed by atoms with E-state index in [1.165, 1.54) is 0 Å². The summed E-state index contributed by atoms with van der Waals surface area (Å²) < 4.78 is 35.8. The van der Waals surface area contributed by atoms with Gasteiger partial charge < -0.3 is 10.2 Å². The van der Waals surface area contributed by atoms with Crippen LogP contribution >= 0.6 is 0 Å². The normalized spacial score (nSPS) is 16.4. The summed E-state index contributed by atoms with van der Waals surface area (Å²) in [6.07, 6.45) is -4.61. The maximum Gasteiger partial charge on any atom is 0.416 e. The highest BCUT2D eigenvalue weighted by Gasteiger charge is 2.42. The highest BCUT2D eigenvalue weighted by molar-refractivity contribution is 4.74. The lowest BCUT2D eigenvalue weighted by atomic mass is 10.0. The van der Waals surface area contributed by atoms with Crippen LogP contribution in [0.5, 0.6) is 0 Å². The molecule has 0 amide bonds. The molecule has 0 aromatic carbocycles. The molecule has 0 aromatic rings. The number of halogens is 3. The van der Waals surface area contributed by atoms with Crippen molar-refractivity contribution in [2.75, 3.05) is 0 Å². The van der Waals surface area contributed by atoms with Crippen LogP contribution in [0.4, 0.5) is 13.2 Å². The summed E-state index contributed by atoms with van der Waals surface area (Å²) in [6.45, 7) is 2.04. The van der Waals surface area contributed by atoms with E-state index in [9.17, 15) is 13.2 Å². The third-order valence-corrected chi connectivity index (χ3v) is 2.30. The van der Waals surface area contributed by atoms with Gasteiger partial charge in [0.15, 0.2) is 6.10 Å². The second-order valence-corrected chi connectivity index (χ2v) is 3.76. The first-order valence-electron chi connectivity index (χ1n) is 5.32. The third-order valence-electron chi connectivity index (χ3n) is 2.30. The number of aliphatic hydroxyl groups excluding tert-OH is 2. The number of unbranched alkanes of at least 4 members (excludes halogenated alkanes) is 4. The van der Waals surface area contributed by atoms with Gasteiger partial charge in [-0.2, -0.15) is 13.2 Å². The Morgan fingerprint density at radius 1 is 1.00 bits per heavy atom. The van der Waals surface area contributed by atoms with E-state index in [4.69, 9.17) is 10.2 Å². The van der Waals surface area contributed by atoms with Crippen LogP contribution in [0.1, 0.15) is 45.4 Å². The molecule has 0 aliphatic carbocycles. The van der Waals surface area contributed by atoms with E-state index < -0.39 is 18.4 Å². The van der Waals surface area contributed by atoms with Gasteiger partial charge in [-0.3, -0.25) is 0 Å². The zero-order valence-corrected chi connectivity index (χ0v) is 8.93. The van der Waals surface area contributed by atoms with Crippen molar-refractivity contribution < 1.29 is 23.4 Å². The van der Waals surface area contributed by atoms with Crippen molar-refractivity contribution in [1.82, 2.24) is 0 Å². The summed E-state index contributed by atoms with van der Waals surface area (Å²) in [4.78, 5) is 0. The fourth-order valence-corrected chi connectivity index (χ4v) is 1.33. The van der Waals surface area contributed by atoms with E-state index in [0.717, 1.165) is 25.7 Å². The molecule has 0 aromatic heterocycles. The molecule has 2 N–H and O–H groups in total. The minimum Gasteiger partial charge on any atom is -0.390 e. The zero-order valence-electron chi connectivity index (χ0n) is 8.93. The highest BCUT2D eigenvalue weighted by atomic mass is 19.4. The number of alkyl halides is 3. The Balaban J connectivity index is 3.60. The molecule has 2 atom stereocenters. The van der Waals surface area contributed by atoms with E-state index in [2.05, 4.69) is 0 Å². The summed E-state index contributed by atoms with van der Waals surface area (Å²) in [5.74, 6) is 0. The average Bonchev–Trinajstić information content (AvgIpc) is 2.14. The minimum absolute atomic E-state index is 0.00436. The SMILES string of the molecule is CCCCCCCC(O)C(O)C(F)(F)F. The smallest absolute Gasteiger partial charge is 0.390 e. The topological polar surface area (TPSA) is 40.5 Å². The van der Waals surface area contributed by atoms with Crippen LogP contribution in [0.25, 0.3) is 0 Å². The fourth-order valence-electron chi connectivity index (χ4n) is 1.33. The van der Waals surface area contributed by atoms with E-state index in [-0.39, 0.29) is 6.42 Å². The van der Waals surface area contributed by atoms with Crippen LogP contribution < -0.4 is 0 Å². The molecule has 0 radical (unpaired) electrons. The highest BCUT2D eigenvalue weighted by Crippen LogP contribution is 2.24. The Bertz CT molecular complexity index is 159. The Morgan fingerprint density at radius 3 is 2.00 bits per heavy atom. The van der Waals surface area contributed by atoms with Crippen LogP contribution in [-0.2, 0) is 0 Å². The Kier molecular flexibility index (Phi) is 6.92. The molecule has 15 heavy (non-hydrogen) atoms. The first kappa shape index (κ1) is 14.7. The second kappa shape index (κ2) is 7.06. The van der Waals surface area contributed by atoms with Gasteiger partial charge in [0, 0.05) is 0 Å². The van der Waals surface area contributed by atoms with Crippen molar-refractivity contribution in [1.29, 1.82) is 0 Å². The molecule has 5 heteroatoms. The molecule has 92 valence electrons. The quantitative estimate of drug-likeness (QED) is 0.657. The molecule has 0 bridgehead atoms. The lowest BCUT2D eigenvalue weighted by Crippen LogP contribution is -2.39. The molecule has 0 saturated heterocycles. The van der Waals surface area contributed by atoms with Crippen molar-refractivity contribution in [3.63, 3.8) is 0 Å². The van der Waals surface area contributed by atoms with Crippen molar-refractivity contribution >= 4 is 0 Å². The molecule has 2 nitrogen and oxygen atoms in total. The van der Waals surface area contributed by atoms with Crippen LogP contribution in [0, 0.1) is 0 Å². The van der Waals surface area contributed by atoms with Gasteiger partial charge in [-0.15, -0.1) is 0 Å². The van der Waals surface area contributed by atoms with Crippen LogP contribution in [0.2, 0.25) is 0 Å². The number of aliphatic hydroxyl groups is 2. The third kappa shape index (κ3) is 6.73. The van der Waals surface area contributed by atoms with E-state index in [1.54, 1.807) is 0 Å². The molecule has 0 aliphatic rings. The molecule has 2 unspecified atom stereocenters. The number of hydrogen-bond donors (Lipinski definition) is 2. The molecule has 0 rings (SSSR count). The molecule has 0 heterocycles. The number of rotatable bonds is 7. The monoisotopic (exact) mass is 228 g/mol. The van der Waals surface area contributed by atoms with Crippen molar-refractivity contribution in [2.24, 2.45) is 0 Å². The predicted octanol–water partition coefficient (Wildman–Crippen LogP) is 2.63. The van der Waals surface area contributed by atoms with Gasteiger partial charge in [-0.05, 0) is 6.42 Å². The van der Waals surface area contributed by atoms with Gasteiger partial charge >= 0.3 is 6.18 Å². The molecular formula is C10H19F3O2. The Morgan fingerprint density at radius 2 is 1.53 bits per heavy atom. The predicted molar refractivity (Wildman–Crippen MR) is 51.4 cm³/mol. The van der Waals surface area contributed by atoms with Crippen LogP contribution in [-0.4, -0.2) is 28.6 Å². The summed E-state index contributed by atoms with van der Waals surface area (Å²) in [5.41, 5.74) is 0. The first-order valence-corrected chi connectivity index (χ1v) is 5.32. The largest absolute Gasteiger partial charge is 0.416 e. The lowest BCUT2D eigenvalue weighted by molar-refractivity contribution is -0.230. The van der Waals surface area contributed by atoms with E-state index in [1.807, 2.05) is 6.92 Å². The van der Waals surface area contributed by atoms with E-state index in [0.29, 0.717) is 6.42 Å². The molecule has 0 aliphatic heterocycles. The molecule has 0 fully saturated rings. The van der Waals surface area contributed by atoms with Gasteiger partial charge in [-0.1, -0.05) is 39.0 Å². The minimum atomic E-state index is -4.72. The maximum atomic E-state index is 11.9. The van der Waals surface area contributed by atoms with Gasteiger partial charge in [0.25, 0.3) is 0 Å². The standard InChI is InChI=1S/C10H19F3O2/c1-2-3-4-5-6-7-8(14)9(15)10(11,12)13/h8-9,14-15H,2-7H2,1H3. The Hall–Kier alpha value is -0.290. The van der Waals surface area contributed by atoms with Gasteiger partial charge in [0.05, 0.1) is 6.10 Å². The van der Waals surface area contributed by atoms with Crippen molar-refractivity contribution in [3.05, 3.63) is 0 Å². The fraction of sp³-hybridized carbons (Fsp3) is 1.00. The summed E-state index contributed by atoms with van der Waals surface area (Å²) in [7, 11) is 0. The van der Waals surface area contributed by atoms with E-state index >= 15 is 0 Å². The Labute approximate surface area is 88.1 Å². The molecular weight excluding hydrogens is 209 g/mol.